The largest absolute Gasteiger partial charge is 0.392 e. The smallest absolute Gasteiger partial charge is 0.145 e. The second-order valence-corrected chi connectivity index (χ2v) is 3.55. The van der Waals surface area contributed by atoms with Crippen molar-refractivity contribution >= 4 is 0 Å². The van der Waals surface area contributed by atoms with Gasteiger partial charge in [-0.1, -0.05) is 29.5 Å². The highest BCUT2D eigenvalue weighted by Gasteiger charge is 2.13. The third kappa shape index (κ3) is 3.21. The Morgan fingerprint density at radius 1 is 1.29 bits per heavy atom. The van der Waals surface area contributed by atoms with Gasteiger partial charge in [0.15, 0.2) is 0 Å². The summed E-state index contributed by atoms with van der Waals surface area (Å²) in [7, 11) is 0. The summed E-state index contributed by atoms with van der Waals surface area (Å²) in [5.41, 5.74) is 0.694. The molecule has 1 atom stereocenters. The van der Waals surface area contributed by atoms with E-state index >= 15 is 0 Å². The van der Waals surface area contributed by atoms with Crippen molar-refractivity contribution in [3.05, 3.63) is 35.4 Å². The van der Waals surface area contributed by atoms with Crippen molar-refractivity contribution in [3.8, 4) is 11.8 Å². The van der Waals surface area contributed by atoms with E-state index in [0.717, 1.165) is 5.56 Å². The van der Waals surface area contributed by atoms with Gasteiger partial charge in [-0.2, -0.15) is 0 Å². The summed E-state index contributed by atoms with van der Waals surface area (Å²) in [5, 5.41) is 18.2. The van der Waals surface area contributed by atoms with Crippen molar-refractivity contribution in [1.29, 1.82) is 0 Å². The van der Waals surface area contributed by atoms with Crippen molar-refractivity contribution in [1.82, 2.24) is 0 Å². The van der Waals surface area contributed by atoms with Crippen LogP contribution in [0.25, 0.3) is 0 Å². The normalized spacial score (nSPS) is 14.0. The van der Waals surface area contributed by atoms with E-state index in [1.807, 2.05) is 31.2 Å². The molecule has 1 rings (SSSR count). The number of benzene rings is 1. The number of aliphatic hydroxyl groups is 2. The van der Waals surface area contributed by atoms with Crippen molar-refractivity contribution in [2.24, 2.45) is 0 Å². The summed E-state index contributed by atoms with van der Waals surface area (Å²) in [6.07, 6.45) is 0. The Morgan fingerprint density at radius 3 is 2.36 bits per heavy atom. The van der Waals surface area contributed by atoms with E-state index in [4.69, 9.17) is 5.11 Å². The van der Waals surface area contributed by atoms with Crippen LogP contribution < -0.4 is 0 Å². The molecule has 14 heavy (non-hydrogen) atoms. The van der Waals surface area contributed by atoms with E-state index in [2.05, 4.69) is 11.8 Å². The fourth-order valence-electron chi connectivity index (χ4n) is 0.883. The molecule has 2 N–H and O–H groups in total. The van der Waals surface area contributed by atoms with Crippen LogP contribution in [0.1, 0.15) is 18.1 Å². The van der Waals surface area contributed by atoms with Gasteiger partial charge in [0.05, 0.1) is 6.61 Å². The lowest BCUT2D eigenvalue weighted by Gasteiger charge is -2.10. The van der Waals surface area contributed by atoms with Gasteiger partial charge in [-0.15, -0.1) is 0 Å². The molecule has 2 heteroatoms. The first kappa shape index (κ1) is 10.8. The minimum Gasteiger partial charge on any atom is -0.392 e. The van der Waals surface area contributed by atoms with Crippen LogP contribution in [-0.4, -0.2) is 22.4 Å². The monoisotopic (exact) mass is 190 g/mol. The highest BCUT2D eigenvalue weighted by atomic mass is 16.3. The van der Waals surface area contributed by atoms with Crippen LogP contribution >= 0.6 is 0 Å². The van der Waals surface area contributed by atoms with Gasteiger partial charge in [-0.3, -0.25) is 0 Å². The molecule has 1 unspecified atom stereocenters. The molecular formula is C12H14O2. The van der Waals surface area contributed by atoms with E-state index in [1.165, 1.54) is 12.5 Å². The Morgan fingerprint density at radius 2 is 1.86 bits per heavy atom. The molecule has 0 heterocycles. The van der Waals surface area contributed by atoms with Crippen molar-refractivity contribution in [3.63, 3.8) is 0 Å². The summed E-state index contributed by atoms with van der Waals surface area (Å²) in [4.78, 5) is 0. The molecule has 0 spiro atoms. The van der Waals surface area contributed by atoms with E-state index in [-0.39, 0.29) is 6.61 Å². The first-order valence-corrected chi connectivity index (χ1v) is 4.46. The molecule has 0 aliphatic carbocycles. The maximum absolute atomic E-state index is 9.42. The van der Waals surface area contributed by atoms with Gasteiger partial charge in [0.2, 0.25) is 0 Å². The molecule has 0 bridgehead atoms. The predicted octanol–water partition coefficient (Wildman–Crippen LogP) is 1.09. The lowest BCUT2D eigenvalue weighted by atomic mass is 10.1. The average molecular weight is 190 g/mol. The topological polar surface area (TPSA) is 40.5 Å². The quantitative estimate of drug-likeness (QED) is 0.651. The van der Waals surface area contributed by atoms with Crippen LogP contribution in [0, 0.1) is 18.8 Å². The highest BCUT2D eigenvalue weighted by Crippen LogP contribution is 2.03. The molecule has 0 fully saturated rings. The van der Waals surface area contributed by atoms with Crippen molar-refractivity contribution in [2.45, 2.75) is 19.4 Å². The number of rotatable bonds is 1. The molecule has 0 aliphatic heterocycles. The van der Waals surface area contributed by atoms with Crippen molar-refractivity contribution in [2.75, 3.05) is 6.61 Å². The van der Waals surface area contributed by atoms with Gasteiger partial charge < -0.3 is 10.2 Å². The second-order valence-electron chi connectivity index (χ2n) is 3.55. The lowest BCUT2D eigenvalue weighted by molar-refractivity contribution is 0.0519. The zero-order chi connectivity index (χ0) is 10.6. The molecule has 0 amide bonds. The van der Waals surface area contributed by atoms with Gasteiger partial charge >= 0.3 is 0 Å². The molecule has 0 radical (unpaired) electrons. The number of aryl methyl sites for hydroxylation is 1. The molecule has 1 aromatic rings. The maximum atomic E-state index is 9.42. The van der Waals surface area contributed by atoms with Gasteiger partial charge in [0.25, 0.3) is 0 Å². The Balaban J connectivity index is 2.83. The minimum absolute atomic E-state index is 0.355. The Bertz CT molecular complexity index is 352. The summed E-state index contributed by atoms with van der Waals surface area (Å²) in [6.45, 7) is 3.13. The zero-order valence-corrected chi connectivity index (χ0v) is 8.41. The number of hydrogen-bond donors (Lipinski definition) is 2. The fraction of sp³-hybridized carbons (Fsp3) is 0.333. The number of aliphatic hydroxyl groups excluding tert-OH is 1. The molecule has 2 nitrogen and oxygen atoms in total. The van der Waals surface area contributed by atoms with Crippen molar-refractivity contribution < 1.29 is 10.2 Å². The molecule has 0 aliphatic rings. The van der Waals surface area contributed by atoms with Crippen LogP contribution in [0.2, 0.25) is 0 Å². The van der Waals surface area contributed by atoms with E-state index in [1.54, 1.807) is 0 Å². The molecule has 0 aromatic heterocycles. The molecule has 0 saturated carbocycles. The standard InChI is InChI=1S/C12H14O2/c1-10-3-5-11(6-4-10)7-8-12(2,14)9-13/h3-6,13-14H,9H2,1-2H3. The summed E-state index contributed by atoms with van der Waals surface area (Å²) in [6, 6.07) is 7.68. The molecule has 0 saturated heterocycles. The molecule has 74 valence electrons. The fourth-order valence-corrected chi connectivity index (χ4v) is 0.883. The lowest BCUT2D eigenvalue weighted by Crippen LogP contribution is -2.26. The first-order valence-electron chi connectivity index (χ1n) is 4.46. The second kappa shape index (κ2) is 4.28. The molecular weight excluding hydrogens is 176 g/mol. The average Bonchev–Trinajstić information content (AvgIpc) is 2.17. The number of hydrogen-bond acceptors (Lipinski definition) is 2. The highest BCUT2D eigenvalue weighted by molar-refractivity contribution is 5.37. The van der Waals surface area contributed by atoms with Crippen LogP contribution in [0.4, 0.5) is 0 Å². The van der Waals surface area contributed by atoms with Crippen LogP contribution in [0.5, 0.6) is 0 Å². The van der Waals surface area contributed by atoms with E-state index in [0.29, 0.717) is 0 Å². The van der Waals surface area contributed by atoms with Crippen LogP contribution in [-0.2, 0) is 0 Å². The third-order valence-corrected chi connectivity index (χ3v) is 1.84. The summed E-state index contributed by atoms with van der Waals surface area (Å²) in [5.74, 6) is 5.40. The van der Waals surface area contributed by atoms with E-state index in [9.17, 15) is 5.11 Å². The Labute approximate surface area is 84.2 Å². The third-order valence-electron chi connectivity index (χ3n) is 1.84. The van der Waals surface area contributed by atoms with Gasteiger partial charge in [0.1, 0.15) is 5.60 Å². The minimum atomic E-state index is -1.31. The maximum Gasteiger partial charge on any atom is 0.145 e. The summed E-state index contributed by atoms with van der Waals surface area (Å²) >= 11 is 0. The van der Waals surface area contributed by atoms with Gasteiger partial charge in [0, 0.05) is 5.56 Å². The predicted molar refractivity (Wildman–Crippen MR) is 55.8 cm³/mol. The Hall–Kier alpha value is -1.30. The Kier molecular flexibility index (Phi) is 3.29. The van der Waals surface area contributed by atoms with Crippen LogP contribution in [0.15, 0.2) is 24.3 Å². The van der Waals surface area contributed by atoms with E-state index < -0.39 is 5.60 Å². The SMILES string of the molecule is Cc1ccc(C#CC(C)(O)CO)cc1. The van der Waals surface area contributed by atoms with Crippen LogP contribution in [0.3, 0.4) is 0 Å². The first-order chi connectivity index (χ1) is 6.53. The summed E-state index contributed by atoms with van der Waals surface area (Å²) < 4.78 is 0. The molecule has 1 aromatic carbocycles. The van der Waals surface area contributed by atoms with Gasteiger partial charge in [-0.25, -0.2) is 0 Å². The zero-order valence-electron chi connectivity index (χ0n) is 8.41. The van der Waals surface area contributed by atoms with Gasteiger partial charge in [-0.05, 0) is 26.0 Å².